The minimum atomic E-state index is 0.133. The molecule has 0 heterocycles. The number of benzene rings is 1. The molecule has 0 aliphatic heterocycles. The van der Waals surface area contributed by atoms with E-state index in [0.29, 0.717) is 12.5 Å². The fourth-order valence-corrected chi connectivity index (χ4v) is 2.78. The normalized spacial score (nSPS) is 21.9. The second kappa shape index (κ2) is 7.46. The minimum Gasteiger partial charge on any atom is -0.385 e. The summed E-state index contributed by atoms with van der Waals surface area (Å²) in [6.07, 6.45) is 5.17. The molecule has 1 saturated carbocycles. The molecule has 21 heavy (non-hydrogen) atoms. The first-order chi connectivity index (χ1) is 10.0. The van der Waals surface area contributed by atoms with Crippen LogP contribution in [0, 0.1) is 5.92 Å². The summed E-state index contributed by atoms with van der Waals surface area (Å²) in [7, 11) is 3.58. The maximum atomic E-state index is 11.8. The van der Waals surface area contributed by atoms with Crippen molar-refractivity contribution in [3.63, 3.8) is 0 Å². The monoisotopic (exact) mass is 289 g/mol. The zero-order valence-corrected chi connectivity index (χ0v) is 13.1. The van der Waals surface area contributed by atoms with Gasteiger partial charge in [-0.25, -0.2) is 0 Å². The van der Waals surface area contributed by atoms with Crippen LogP contribution in [0.25, 0.3) is 0 Å². The number of carbonyl (C=O) groups is 1. The molecule has 0 saturated heterocycles. The summed E-state index contributed by atoms with van der Waals surface area (Å²) in [5, 5.41) is 3.51. The summed E-state index contributed by atoms with van der Waals surface area (Å²) >= 11 is 0. The van der Waals surface area contributed by atoms with Gasteiger partial charge in [0.2, 0.25) is 5.91 Å². The molecule has 0 radical (unpaired) electrons. The van der Waals surface area contributed by atoms with Gasteiger partial charge in [-0.3, -0.25) is 4.79 Å². The van der Waals surface area contributed by atoms with E-state index in [-0.39, 0.29) is 5.91 Å². The first-order valence-electron chi connectivity index (χ1n) is 7.83. The Morgan fingerprint density at radius 1 is 1.29 bits per heavy atom. The van der Waals surface area contributed by atoms with Crippen molar-refractivity contribution in [3.05, 3.63) is 29.8 Å². The summed E-state index contributed by atoms with van der Waals surface area (Å²) in [6, 6.07) is 8.57. The van der Waals surface area contributed by atoms with Crippen LogP contribution in [-0.4, -0.2) is 37.5 Å². The fourth-order valence-electron chi connectivity index (χ4n) is 2.78. The standard InChI is InChI=1S/C17H27N3O/c1-20(2)17(21)11-14-4-3-5-16(10-14)19-12-13-6-8-15(18)9-7-13/h3-5,10,13,15,19H,6-9,11-12,18H2,1-2H3. The molecule has 1 amide bonds. The zero-order valence-electron chi connectivity index (χ0n) is 13.1. The molecule has 1 aromatic rings. The minimum absolute atomic E-state index is 0.133. The van der Waals surface area contributed by atoms with E-state index in [4.69, 9.17) is 5.73 Å². The van der Waals surface area contributed by atoms with Gasteiger partial charge < -0.3 is 16.0 Å². The molecule has 1 aliphatic rings. The van der Waals surface area contributed by atoms with Crippen LogP contribution in [0.1, 0.15) is 31.2 Å². The Balaban J connectivity index is 1.85. The van der Waals surface area contributed by atoms with Crippen LogP contribution in [0.4, 0.5) is 5.69 Å². The van der Waals surface area contributed by atoms with Crippen molar-refractivity contribution in [2.24, 2.45) is 11.7 Å². The number of nitrogens with one attached hydrogen (secondary N) is 1. The third-order valence-electron chi connectivity index (χ3n) is 4.27. The lowest BCUT2D eigenvalue weighted by Gasteiger charge is -2.26. The number of anilines is 1. The van der Waals surface area contributed by atoms with Gasteiger partial charge in [0.1, 0.15) is 0 Å². The first-order valence-corrected chi connectivity index (χ1v) is 7.83. The number of nitrogens with zero attached hydrogens (tertiary/aromatic N) is 1. The molecule has 3 N–H and O–H groups in total. The molecule has 0 aromatic heterocycles. The average Bonchev–Trinajstić information content (AvgIpc) is 2.47. The zero-order chi connectivity index (χ0) is 15.2. The Labute approximate surface area is 127 Å². The van der Waals surface area contributed by atoms with Gasteiger partial charge in [-0.1, -0.05) is 12.1 Å². The van der Waals surface area contributed by atoms with Crippen LogP contribution in [0.15, 0.2) is 24.3 Å². The molecule has 0 atom stereocenters. The van der Waals surface area contributed by atoms with E-state index in [0.717, 1.165) is 36.6 Å². The largest absolute Gasteiger partial charge is 0.385 e. The number of hydrogen-bond acceptors (Lipinski definition) is 3. The molecule has 0 bridgehead atoms. The molecule has 4 nitrogen and oxygen atoms in total. The second-order valence-corrected chi connectivity index (χ2v) is 6.33. The molecule has 0 spiro atoms. The van der Waals surface area contributed by atoms with Crippen molar-refractivity contribution < 1.29 is 4.79 Å². The summed E-state index contributed by atoms with van der Waals surface area (Å²) in [5.41, 5.74) is 8.10. The van der Waals surface area contributed by atoms with Gasteiger partial charge in [-0.15, -0.1) is 0 Å². The van der Waals surface area contributed by atoms with Crippen molar-refractivity contribution in [2.45, 2.75) is 38.1 Å². The molecule has 0 unspecified atom stereocenters. The lowest BCUT2D eigenvalue weighted by Crippen LogP contribution is -2.29. The Morgan fingerprint density at radius 2 is 2.00 bits per heavy atom. The third kappa shape index (κ3) is 5.05. The topological polar surface area (TPSA) is 58.4 Å². The SMILES string of the molecule is CN(C)C(=O)Cc1cccc(NCC2CCC(N)CC2)c1. The van der Waals surface area contributed by atoms with Gasteiger partial charge in [0.25, 0.3) is 0 Å². The molecule has 1 aliphatic carbocycles. The number of carbonyl (C=O) groups excluding carboxylic acids is 1. The first kappa shape index (κ1) is 15.8. The van der Waals surface area contributed by atoms with Gasteiger partial charge >= 0.3 is 0 Å². The highest BCUT2D eigenvalue weighted by atomic mass is 16.2. The third-order valence-corrected chi connectivity index (χ3v) is 4.27. The Bertz CT molecular complexity index is 465. The molecule has 4 heteroatoms. The maximum absolute atomic E-state index is 11.8. The number of amides is 1. The van der Waals surface area contributed by atoms with Crippen LogP contribution < -0.4 is 11.1 Å². The number of nitrogens with two attached hydrogens (primary N) is 1. The van der Waals surface area contributed by atoms with Gasteiger partial charge in [0.15, 0.2) is 0 Å². The van der Waals surface area contributed by atoms with Crippen LogP contribution in [-0.2, 0) is 11.2 Å². The van der Waals surface area contributed by atoms with E-state index in [9.17, 15) is 4.79 Å². The molecule has 1 fully saturated rings. The predicted octanol–water partition coefficient (Wildman–Crippen LogP) is 2.25. The smallest absolute Gasteiger partial charge is 0.226 e. The van der Waals surface area contributed by atoms with Gasteiger partial charge in [-0.05, 0) is 49.3 Å². The Kier molecular flexibility index (Phi) is 5.62. The van der Waals surface area contributed by atoms with E-state index in [1.807, 2.05) is 12.1 Å². The number of likely N-dealkylation sites (N-methyl/N-ethyl adjacent to an activating group) is 1. The highest BCUT2D eigenvalue weighted by Gasteiger charge is 2.18. The van der Waals surface area contributed by atoms with E-state index < -0.39 is 0 Å². The van der Waals surface area contributed by atoms with Crippen LogP contribution in [0.3, 0.4) is 0 Å². The highest BCUT2D eigenvalue weighted by molar-refractivity contribution is 5.78. The van der Waals surface area contributed by atoms with Crippen LogP contribution in [0.2, 0.25) is 0 Å². The summed E-state index contributed by atoms with van der Waals surface area (Å²) < 4.78 is 0. The van der Waals surface area contributed by atoms with Crippen molar-refractivity contribution in [3.8, 4) is 0 Å². The van der Waals surface area contributed by atoms with Crippen molar-refractivity contribution in [2.75, 3.05) is 26.0 Å². The second-order valence-electron chi connectivity index (χ2n) is 6.33. The molecule has 1 aromatic carbocycles. The predicted molar refractivity (Wildman–Crippen MR) is 87.3 cm³/mol. The van der Waals surface area contributed by atoms with Crippen molar-refractivity contribution >= 4 is 11.6 Å². The van der Waals surface area contributed by atoms with E-state index in [1.165, 1.54) is 12.8 Å². The summed E-state index contributed by atoms with van der Waals surface area (Å²) in [5.74, 6) is 0.852. The highest BCUT2D eigenvalue weighted by Crippen LogP contribution is 2.23. The van der Waals surface area contributed by atoms with E-state index in [1.54, 1.807) is 19.0 Å². The Hall–Kier alpha value is -1.55. The molecule has 116 valence electrons. The fraction of sp³-hybridized carbons (Fsp3) is 0.588. The van der Waals surface area contributed by atoms with Crippen molar-refractivity contribution in [1.82, 2.24) is 4.90 Å². The Morgan fingerprint density at radius 3 is 2.67 bits per heavy atom. The van der Waals surface area contributed by atoms with Crippen LogP contribution in [0.5, 0.6) is 0 Å². The van der Waals surface area contributed by atoms with Gasteiger partial charge in [0, 0.05) is 32.4 Å². The van der Waals surface area contributed by atoms with Gasteiger partial charge in [-0.2, -0.15) is 0 Å². The lowest BCUT2D eigenvalue weighted by molar-refractivity contribution is -0.127. The van der Waals surface area contributed by atoms with Crippen molar-refractivity contribution in [1.29, 1.82) is 0 Å². The van der Waals surface area contributed by atoms with Gasteiger partial charge in [0.05, 0.1) is 6.42 Å². The summed E-state index contributed by atoms with van der Waals surface area (Å²) in [6.45, 7) is 0.998. The molecular formula is C17H27N3O. The average molecular weight is 289 g/mol. The number of rotatable bonds is 5. The maximum Gasteiger partial charge on any atom is 0.226 e. The quantitative estimate of drug-likeness (QED) is 0.874. The number of hydrogen-bond donors (Lipinski definition) is 2. The van der Waals surface area contributed by atoms with E-state index in [2.05, 4.69) is 17.4 Å². The van der Waals surface area contributed by atoms with Crippen LogP contribution >= 0.6 is 0 Å². The van der Waals surface area contributed by atoms with E-state index >= 15 is 0 Å². The molecule has 2 rings (SSSR count). The summed E-state index contributed by atoms with van der Waals surface area (Å²) in [4.78, 5) is 13.4. The lowest BCUT2D eigenvalue weighted by atomic mass is 9.86. The molecular weight excluding hydrogens is 262 g/mol.